The average Bonchev–Trinajstić information content (AvgIpc) is 2.75. The Bertz CT molecular complexity index is 934. The fourth-order valence-electron chi connectivity index (χ4n) is 4.12. The number of carbonyl (C=O) groups is 2. The molecule has 1 fully saturated rings. The Labute approximate surface area is 178 Å². The fourth-order valence-corrected chi connectivity index (χ4v) is 4.12. The van der Waals surface area contributed by atoms with E-state index in [1.807, 2.05) is 48.2 Å². The summed E-state index contributed by atoms with van der Waals surface area (Å²) in [4.78, 5) is 31.8. The lowest BCUT2D eigenvalue weighted by Crippen LogP contribution is -2.54. The number of amides is 2. The van der Waals surface area contributed by atoms with Crippen molar-refractivity contribution in [2.24, 2.45) is 0 Å². The molecule has 1 saturated heterocycles. The predicted octanol–water partition coefficient (Wildman–Crippen LogP) is 3.24. The van der Waals surface area contributed by atoms with Crippen LogP contribution in [0.25, 0.3) is 0 Å². The highest BCUT2D eigenvalue weighted by Gasteiger charge is 2.41. The Morgan fingerprint density at radius 1 is 1.03 bits per heavy atom. The third kappa shape index (κ3) is 3.99. The lowest BCUT2D eigenvalue weighted by atomic mass is 10.0. The zero-order valence-corrected chi connectivity index (χ0v) is 17.9. The van der Waals surface area contributed by atoms with Crippen LogP contribution in [0, 0.1) is 6.92 Å². The van der Waals surface area contributed by atoms with Gasteiger partial charge in [-0.2, -0.15) is 0 Å². The van der Waals surface area contributed by atoms with Gasteiger partial charge in [-0.15, -0.1) is 0 Å². The first-order valence-corrected chi connectivity index (χ1v) is 10.5. The van der Waals surface area contributed by atoms with Crippen LogP contribution in [0.2, 0.25) is 0 Å². The highest BCUT2D eigenvalue weighted by Crippen LogP contribution is 2.38. The number of rotatable bonds is 4. The van der Waals surface area contributed by atoms with E-state index in [0.29, 0.717) is 31.8 Å². The first-order chi connectivity index (χ1) is 14.3. The van der Waals surface area contributed by atoms with Crippen molar-refractivity contribution in [1.29, 1.82) is 0 Å². The summed E-state index contributed by atoms with van der Waals surface area (Å²) in [6.07, 6.45) is 0.306. The van der Waals surface area contributed by atoms with Crippen molar-refractivity contribution in [2.75, 3.05) is 42.5 Å². The summed E-state index contributed by atoms with van der Waals surface area (Å²) < 4.78 is 5.90. The molecule has 2 aromatic rings. The molecule has 0 unspecified atom stereocenters. The quantitative estimate of drug-likeness (QED) is 0.781. The molecule has 4 rings (SSSR count). The lowest BCUT2D eigenvalue weighted by Gasteiger charge is -2.39. The minimum Gasteiger partial charge on any atom is -0.476 e. The van der Waals surface area contributed by atoms with Crippen LogP contribution >= 0.6 is 0 Å². The van der Waals surface area contributed by atoms with E-state index in [2.05, 4.69) is 17.0 Å². The first-order valence-electron chi connectivity index (χ1n) is 10.5. The molecule has 0 radical (unpaired) electrons. The SMILES string of the molecule is Cc1ccc2c(c1)N(CCC(=O)N1CCN(c3ccccc3)CC1)C(=O)C(C)(C)O2. The van der Waals surface area contributed by atoms with E-state index < -0.39 is 5.60 Å². The van der Waals surface area contributed by atoms with Crippen molar-refractivity contribution < 1.29 is 14.3 Å². The Balaban J connectivity index is 1.39. The predicted molar refractivity (Wildman–Crippen MR) is 118 cm³/mol. The molecule has 0 bridgehead atoms. The topological polar surface area (TPSA) is 53.1 Å². The third-order valence-corrected chi connectivity index (χ3v) is 5.83. The number of nitrogens with zero attached hydrogens (tertiary/aromatic N) is 3. The monoisotopic (exact) mass is 407 g/mol. The van der Waals surface area contributed by atoms with Crippen LogP contribution in [-0.2, 0) is 9.59 Å². The van der Waals surface area contributed by atoms with Gasteiger partial charge in [0, 0.05) is 44.8 Å². The highest BCUT2D eigenvalue weighted by molar-refractivity contribution is 6.02. The summed E-state index contributed by atoms with van der Waals surface area (Å²) in [6.45, 7) is 8.94. The molecule has 30 heavy (non-hydrogen) atoms. The van der Waals surface area contributed by atoms with Gasteiger partial charge in [0.15, 0.2) is 5.60 Å². The van der Waals surface area contributed by atoms with Gasteiger partial charge in [0.25, 0.3) is 5.91 Å². The van der Waals surface area contributed by atoms with Crippen molar-refractivity contribution in [1.82, 2.24) is 4.90 Å². The van der Waals surface area contributed by atoms with Crippen molar-refractivity contribution in [3.63, 3.8) is 0 Å². The van der Waals surface area contributed by atoms with E-state index in [0.717, 1.165) is 24.3 Å². The van der Waals surface area contributed by atoms with Crippen LogP contribution < -0.4 is 14.5 Å². The van der Waals surface area contributed by atoms with Crippen molar-refractivity contribution in [3.05, 3.63) is 54.1 Å². The van der Waals surface area contributed by atoms with E-state index in [1.54, 1.807) is 18.7 Å². The van der Waals surface area contributed by atoms with Crippen LogP contribution in [0.5, 0.6) is 5.75 Å². The molecule has 0 saturated carbocycles. The molecule has 158 valence electrons. The molecular weight excluding hydrogens is 378 g/mol. The number of benzene rings is 2. The number of para-hydroxylation sites is 1. The van der Waals surface area contributed by atoms with Gasteiger partial charge in [0.1, 0.15) is 5.75 Å². The Morgan fingerprint density at radius 2 is 1.73 bits per heavy atom. The van der Waals surface area contributed by atoms with E-state index in [4.69, 9.17) is 4.74 Å². The van der Waals surface area contributed by atoms with Gasteiger partial charge in [-0.25, -0.2) is 0 Å². The normalized spacial score (nSPS) is 18.1. The second-order valence-electron chi connectivity index (χ2n) is 8.49. The maximum Gasteiger partial charge on any atom is 0.270 e. The molecule has 2 aliphatic heterocycles. The molecule has 0 aliphatic carbocycles. The van der Waals surface area contributed by atoms with Gasteiger partial charge in [0.2, 0.25) is 5.91 Å². The Kier molecular flexibility index (Phi) is 5.41. The van der Waals surface area contributed by atoms with Crippen LogP contribution in [0.15, 0.2) is 48.5 Å². The largest absolute Gasteiger partial charge is 0.476 e. The summed E-state index contributed by atoms with van der Waals surface area (Å²) in [7, 11) is 0. The maximum atomic E-state index is 13.0. The molecule has 2 amide bonds. The molecule has 0 spiro atoms. The van der Waals surface area contributed by atoms with E-state index in [1.165, 1.54) is 5.69 Å². The molecule has 0 aromatic heterocycles. The average molecular weight is 408 g/mol. The standard InChI is InChI=1S/C24H29N3O3/c1-18-9-10-21-20(17-18)27(23(29)24(2,3)30-21)12-11-22(28)26-15-13-25(14-16-26)19-7-5-4-6-8-19/h4-10,17H,11-16H2,1-3H3. The van der Waals surface area contributed by atoms with Crippen molar-refractivity contribution >= 4 is 23.2 Å². The fraction of sp³-hybridized carbons (Fsp3) is 0.417. The number of anilines is 2. The third-order valence-electron chi connectivity index (χ3n) is 5.83. The zero-order valence-electron chi connectivity index (χ0n) is 17.9. The maximum absolute atomic E-state index is 13.0. The van der Waals surface area contributed by atoms with Gasteiger partial charge >= 0.3 is 0 Å². The van der Waals surface area contributed by atoms with Gasteiger partial charge in [-0.3, -0.25) is 9.59 Å². The number of hydrogen-bond acceptors (Lipinski definition) is 4. The molecule has 6 heteroatoms. The minimum absolute atomic E-state index is 0.0917. The highest BCUT2D eigenvalue weighted by atomic mass is 16.5. The molecule has 0 N–H and O–H groups in total. The summed E-state index contributed by atoms with van der Waals surface area (Å²) >= 11 is 0. The van der Waals surface area contributed by atoms with Gasteiger partial charge in [-0.05, 0) is 50.6 Å². The van der Waals surface area contributed by atoms with E-state index in [9.17, 15) is 9.59 Å². The molecule has 0 atom stereocenters. The number of ether oxygens (including phenoxy) is 1. The Hall–Kier alpha value is -3.02. The van der Waals surface area contributed by atoms with Crippen LogP contribution in [0.3, 0.4) is 0 Å². The van der Waals surface area contributed by atoms with Crippen LogP contribution in [0.4, 0.5) is 11.4 Å². The molecule has 6 nitrogen and oxygen atoms in total. The zero-order chi connectivity index (χ0) is 21.3. The van der Waals surface area contributed by atoms with Gasteiger partial charge in [0.05, 0.1) is 5.69 Å². The molecule has 2 aromatic carbocycles. The lowest BCUT2D eigenvalue weighted by molar-refractivity contribution is -0.133. The van der Waals surface area contributed by atoms with E-state index in [-0.39, 0.29) is 11.8 Å². The summed E-state index contributed by atoms with van der Waals surface area (Å²) in [5, 5.41) is 0. The number of aryl methyl sites for hydroxylation is 1. The summed E-state index contributed by atoms with van der Waals surface area (Å²) in [5.74, 6) is 0.672. The number of fused-ring (bicyclic) bond motifs is 1. The first kappa shape index (κ1) is 20.3. The van der Waals surface area contributed by atoms with Crippen LogP contribution in [0.1, 0.15) is 25.8 Å². The number of piperazine rings is 1. The van der Waals surface area contributed by atoms with Crippen LogP contribution in [-0.4, -0.2) is 55.0 Å². The molecule has 2 aliphatic rings. The second kappa shape index (κ2) is 8.01. The Morgan fingerprint density at radius 3 is 2.43 bits per heavy atom. The molecular formula is C24H29N3O3. The second-order valence-corrected chi connectivity index (χ2v) is 8.49. The number of hydrogen-bond donors (Lipinski definition) is 0. The minimum atomic E-state index is -0.938. The van der Waals surface area contributed by atoms with E-state index >= 15 is 0 Å². The smallest absolute Gasteiger partial charge is 0.270 e. The van der Waals surface area contributed by atoms with Crippen molar-refractivity contribution in [2.45, 2.75) is 32.8 Å². The summed E-state index contributed by atoms with van der Waals surface area (Å²) in [5.41, 5.74) is 2.06. The van der Waals surface area contributed by atoms with Gasteiger partial charge in [-0.1, -0.05) is 24.3 Å². The number of carbonyl (C=O) groups excluding carboxylic acids is 2. The van der Waals surface area contributed by atoms with Crippen molar-refractivity contribution in [3.8, 4) is 5.75 Å². The molecule has 2 heterocycles. The van der Waals surface area contributed by atoms with Gasteiger partial charge < -0.3 is 19.4 Å². The summed E-state index contributed by atoms with van der Waals surface area (Å²) in [6, 6.07) is 16.1.